The Morgan fingerprint density at radius 3 is 2.36 bits per heavy atom. The van der Waals surface area contributed by atoms with Crippen LogP contribution in [0, 0.1) is 0 Å². The number of hydrogen-bond donors (Lipinski definition) is 3. The maximum atomic E-state index is 10.3. The highest BCUT2D eigenvalue weighted by molar-refractivity contribution is 5.69. The third kappa shape index (κ3) is 3.59. The number of aliphatic hydroxyl groups excluding tert-OH is 1. The highest BCUT2D eigenvalue weighted by atomic mass is 16.5. The first-order valence-electron chi connectivity index (χ1n) is 7.01. The molecule has 4 nitrogen and oxygen atoms in total. The topological polar surface area (TPSA) is 69.9 Å². The summed E-state index contributed by atoms with van der Waals surface area (Å²) in [5, 5.41) is 28.7. The lowest BCUT2D eigenvalue weighted by molar-refractivity contribution is 0.331. The number of phenols is 2. The molecule has 0 radical (unpaired) electrons. The molecule has 2 rings (SSSR count). The molecule has 0 saturated carbocycles. The van der Waals surface area contributed by atoms with Crippen molar-refractivity contribution in [2.75, 3.05) is 13.7 Å². The van der Waals surface area contributed by atoms with Crippen molar-refractivity contribution in [2.24, 2.45) is 0 Å². The van der Waals surface area contributed by atoms with Gasteiger partial charge in [0.2, 0.25) is 0 Å². The second-order valence-electron chi connectivity index (χ2n) is 5.14. The van der Waals surface area contributed by atoms with Crippen LogP contribution in [0.5, 0.6) is 17.2 Å². The van der Waals surface area contributed by atoms with Gasteiger partial charge >= 0.3 is 0 Å². The van der Waals surface area contributed by atoms with Gasteiger partial charge in [-0.2, -0.15) is 0 Å². The van der Waals surface area contributed by atoms with E-state index in [1.807, 2.05) is 19.1 Å². The second kappa shape index (κ2) is 7.00. The molecule has 0 bridgehead atoms. The zero-order valence-electron chi connectivity index (χ0n) is 12.7. The zero-order valence-corrected chi connectivity index (χ0v) is 12.7. The van der Waals surface area contributed by atoms with E-state index in [1.165, 1.54) is 0 Å². The van der Waals surface area contributed by atoms with Crippen LogP contribution in [-0.4, -0.2) is 29.0 Å². The quantitative estimate of drug-likeness (QED) is 0.741. The molecule has 2 aromatic carbocycles. The van der Waals surface area contributed by atoms with Crippen LogP contribution in [0.2, 0.25) is 0 Å². The number of benzene rings is 2. The number of methoxy groups -OCH3 is 1. The summed E-state index contributed by atoms with van der Waals surface area (Å²) in [6, 6.07) is 10.3. The summed E-state index contributed by atoms with van der Waals surface area (Å²) in [6.45, 7) is 1.82. The van der Waals surface area contributed by atoms with Gasteiger partial charge in [0, 0.05) is 5.56 Å². The third-order valence-corrected chi connectivity index (χ3v) is 3.51. The normalized spacial score (nSPS) is 11.5. The van der Waals surface area contributed by atoms with Gasteiger partial charge in [0.1, 0.15) is 17.2 Å². The van der Waals surface area contributed by atoms with E-state index in [2.05, 4.69) is 0 Å². The fourth-order valence-corrected chi connectivity index (χ4v) is 2.18. The Kier molecular flexibility index (Phi) is 5.07. The molecule has 0 aliphatic heterocycles. The van der Waals surface area contributed by atoms with Crippen LogP contribution in [0.15, 0.2) is 48.0 Å². The van der Waals surface area contributed by atoms with E-state index < -0.39 is 0 Å². The predicted octanol–water partition coefficient (Wildman–Crippen LogP) is 3.25. The van der Waals surface area contributed by atoms with Crippen LogP contribution in [0.25, 0.3) is 11.1 Å². The lowest BCUT2D eigenvalue weighted by Crippen LogP contribution is -1.94. The van der Waals surface area contributed by atoms with E-state index in [9.17, 15) is 10.2 Å². The second-order valence-corrected chi connectivity index (χ2v) is 5.14. The van der Waals surface area contributed by atoms with Crippen molar-refractivity contribution in [3.63, 3.8) is 0 Å². The van der Waals surface area contributed by atoms with Crippen molar-refractivity contribution in [1.82, 2.24) is 0 Å². The standard InChI is InChI=1S/C18H20O4/c1-12(11-19)3-8-16-17(21)9-14(10-18(16)22-2)13-4-6-15(20)7-5-13/h3-7,9-10,19-21H,8,11H2,1-2H3/b12-3+. The molecule has 0 atom stereocenters. The van der Waals surface area contributed by atoms with E-state index in [4.69, 9.17) is 9.84 Å². The number of phenolic OH excluding ortho intramolecular Hbond substituents is 2. The number of rotatable bonds is 5. The minimum Gasteiger partial charge on any atom is -0.508 e. The fraction of sp³-hybridized carbons (Fsp3) is 0.222. The maximum absolute atomic E-state index is 10.3. The number of hydrogen-bond acceptors (Lipinski definition) is 4. The van der Waals surface area contributed by atoms with Gasteiger partial charge in [-0.1, -0.05) is 23.8 Å². The van der Waals surface area contributed by atoms with E-state index in [-0.39, 0.29) is 18.1 Å². The molecule has 2 aromatic rings. The Bertz CT molecular complexity index is 672. The molecule has 0 spiro atoms. The van der Waals surface area contributed by atoms with Crippen LogP contribution in [0.4, 0.5) is 0 Å². The largest absolute Gasteiger partial charge is 0.508 e. The van der Waals surface area contributed by atoms with Gasteiger partial charge in [0.15, 0.2) is 0 Å². The van der Waals surface area contributed by atoms with Gasteiger partial charge in [0.05, 0.1) is 13.7 Å². The molecule has 3 N–H and O–H groups in total. The molecule has 0 amide bonds. The molecule has 0 aliphatic carbocycles. The molecule has 0 unspecified atom stereocenters. The zero-order chi connectivity index (χ0) is 16.1. The summed E-state index contributed by atoms with van der Waals surface area (Å²) in [5.74, 6) is 0.927. The van der Waals surface area contributed by atoms with Crippen molar-refractivity contribution in [3.8, 4) is 28.4 Å². The van der Waals surface area contributed by atoms with Crippen molar-refractivity contribution in [2.45, 2.75) is 13.3 Å². The maximum Gasteiger partial charge on any atom is 0.126 e. The molecule has 0 fully saturated rings. The molecule has 0 aromatic heterocycles. The van der Waals surface area contributed by atoms with E-state index in [1.54, 1.807) is 37.4 Å². The van der Waals surface area contributed by atoms with Gasteiger partial charge in [-0.15, -0.1) is 0 Å². The Morgan fingerprint density at radius 2 is 1.77 bits per heavy atom. The minimum absolute atomic E-state index is 0.00529. The minimum atomic E-state index is -0.00529. The highest BCUT2D eigenvalue weighted by Gasteiger charge is 2.11. The molecule has 116 valence electrons. The molecule has 0 heterocycles. The van der Waals surface area contributed by atoms with Crippen molar-refractivity contribution in [3.05, 3.63) is 53.6 Å². The van der Waals surface area contributed by atoms with Gasteiger partial charge < -0.3 is 20.1 Å². The van der Waals surface area contributed by atoms with Crippen LogP contribution in [-0.2, 0) is 6.42 Å². The average molecular weight is 300 g/mol. The van der Waals surface area contributed by atoms with E-state index >= 15 is 0 Å². The average Bonchev–Trinajstić information content (AvgIpc) is 2.53. The van der Waals surface area contributed by atoms with Crippen molar-refractivity contribution in [1.29, 1.82) is 0 Å². The van der Waals surface area contributed by atoms with E-state index in [0.717, 1.165) is 16.7 Å². The first-order valence-corrected chi connectivity index (χ1v) is 7.01. The van der Waals surface area contributed by atoms with Crippen LogP contribution < -0.4 is 4.74 Å². The Labute approximate surface area is 129 Å². The van der Waals surface area contributed by atoms with Crippen molar-refractivity contribution < 1.29 is 20.1 Å². The summed E-state index contributed by atoms with van der Waals surface area (Å²) in [4.78, 5) is 0. The molecule has 0 aliphatic rings. The number of ether oxygens (including phenoxy) is 1. The van der Waals surface area contributed by atoms with E-state index in [0.29, 0.717) is 17.7 Å². The smallest absolute Gasteiger partial charge is 0.126 e. The number of aromatic hydroxyl groups is 2. The predicted molar refractivity (Wildman–Crippen MR) is 86.3 cm³/mol. The summed E-state index contributed by atoms with van der Waals surface area (Å²) in [6.07, 6.45) is 2.34. The SMILES string of the molecule is COc1cc(-c2ccc(O)cc2)cc(O)c1C/C=C(\C)CO. The van der Waals surface area contributed by atoms with Gasteiger partial charge in [0.25, 0.3) is 0 Å². The summed E-state index contributed by atoms with van der Waals surface area (Å²) >= 11 is 0. The Morgan fingerprint density at radius 1 is 1.09 bits per heavy atom. The summed E-state index contributed by atoms with van der Waals surface area (Å²) in [5.41, 5.74) is 3.20. The molecule has 0 saturated heterocycles. The molecular weight excluding hydrogens is 280 g/mol. The Hall–Kier alpha value is -2.46. The van der Waals surface area contributed by atoms with Gasteiger partial charge in [-0.25, -0.2) is 0 Å². The summed E-state index contributed by atoms with van der Waals surface area (Å²) in [7, 11) is 1.56. The van der Waals surface area contributed by atoms with Crippen LogP contribution in [0.1, 0.15) is 12.5 Å². The van der Waals surface area contributed by atoms with Gasteiger partial charge in [-0.05, 0) is 48.7 Å². The van der Waals surface area contributed by atoms with Crippen molar-refractivity contribution >= 4 is 0 Å². The third-order valence-electron chi connectivity index (χ3n) is 3.51. The van der Waals surface area contributed by atoms with Crippen LogP contribution >= 0.6 is 0 Å². The number of allylic oxidation sites excluding steroid dienone is 1. The first-order chi connectivity index (χ1) is 10.5. The van der Waals surface area contributed by atoms with Gasteiger partial charge in [-0.3, -0.25) is 0 Å². The Balaban J connectivity index is 2.41. The fourth-order valence-electron chi connectivity index (χ4n) is 2.18. The lowest BCUT2D eigenvalue weighted by atomic mass is 10.00. The first kappa shape index (κ1) is 15.9. The lowest BCUT2D eigenvalue weighted by Gasteiger charge is -2.12. The molecule has 4 heteroatoms. The highest BCUT2D eigenvalue weighted by Crippen LogP contribution is 2.35. The summed E-state index contributed by atoms with van der Waals surface area (Å²) < 4.78 is 5.38. The van der Waals surface area contributed by atoms with Crippen LogP contribution in [0.3, 0.4) is 0 Å². The molecule has 22 heavy (non-hydrogen) atoms. The number of aliphatic hydroxyl groups is 1. The molecular formula is C18H20O4. The monoisotopic (exact) mass is 300 g/mol.